The minimum absolute atomic E-state index is 0.322. The summed E-state index contributed by atoms with van der Waals surface area (Å²) < 4.78 is 2.05. The summed E-state index contributed by atoms with van der Waals surface area (Å²) in [7, 11) is 0. The van der Waals surface area contributed by atoms with Crippen LogP contribution < -0.4 is 5.32 Å². The molecule has 1 aromatic rings. The van der Waals surface area contributed by atoms with Crippen LogP contribution in [-0.2, 0) is 0 Å². The molecular formula is C14H26ClN3. The first-order chi connectivity index (χ1) is 8.61. The molecule has 18 heavy (non-hydrogen) atoms. The van der Waals surface area contributed by atoms with Crippen molar-refractivity contribution in [2.24, 2.45) is 0 Å². The Morgan fingerprint density at radius 3 is 2.61 bits per heavy atom. The largest absolute Gasteiger partial charge is 0.309 e. The van der Waals surface area contributed by atoms with E-state index >= 15 is 0 Å². The summed E-state index contributed by atoms with van der Waals surface area (Å²) in [4.78, 5) is 0. The second kappa shape index (κ2) is 7.80. The van der Waals surface area contributed by atoms with Gasteiger partial charge in [0.2, 0.25) is 0 Å². The SMILES string of the molecule is CCCCC(NCCC)c1c(Cl)cnn1C(C)C. The molecule has 0 radical (unpaired) electrons. The Morgan fingerprint density at radius 1 is 1.33 bits per heavy atom. The first-order valence-corrected chi connectivity index (χ1v) is 7.45. The van der Waals surface area contributed by atoms with Gasteiger partial charge in [-0.15, -0.1) is 0 Å². The summed E-state index contributed by atoms with van der Waals surface area (Å²) in [6.45, 7) is 9.71. The second-order valence-electron chi connectivity index (χ2n) is 5.07. The Morgan fingerprint density at radius 2 is 2.06 bits per heavy atom. The van der Waals surface area contributed by atoms with E-state index in [-0.39, 0.29) is 0 Å². The molecule has 1 unspecified atom stereocenters. The van der Waals surface area contributed by atoms with Gasteiger partial charge in [-0.1, -0.05) is 38.3 Å². The molecular weight excluding hydrogens is 246 g/mol. The molecule has 0 aromatic carbocycles. The third-order valence-corrected chi connectivity index (χ3v) is 3.38. The van der Waals surface area contributed by atoms with Crippen LogP contribution in [0.4, 0.5) is 0 Å². The van der Waals surface area contributed by atoms with Crippen molar-refractivity contribution in [1.82, 2.24) is 15.1 Å². The minimum Gasteiger partial charge on any atom is -0.309 e. The Kier molecular flexibility index (Phi) is 6.72. The van der Waals surface area contributed by atoms with Crippen molar-refractivity contribution in [3.05, 3.63) is 16.9 Å². The quantitative estimate of drug-likeness (QED) is 0.762. The van der Waals surface area contributed by atoms with E-state index in [0.717, 1.165) is 30.1 Å². The molecule has 1 rings (SSSR count). The number of halogens is 1. The maximum Gasteiger partial charge on any atom is 0.0834 e. The third kappa shape index (κ3) is 3.99. The van der Waals surface area contributed by atoms with Gasteiger partial charge < -0.3 is 5.32 Å². The van der Waals surface area contributed by atoms with Gasteiger partial charge in [0.05, 0.1) is 23.0 Å². The second-order valence-corrected chi connectivity index (χ2v) is 5.47. The molecule has 1 aromatic heterocycles. The zero-order valence-electron chi connectivity index (χ0n) is 12.0. The van der Waals surface area contributed by atoms with Crippen molar-refractivity contribution in [3.63, 3.8) is 0 Å². The number of nitrogens with one attached hydrogen (secondary N) is 1. The van der Waals surface area contributed by atoms with E-state index in [2.05, 4.69) is 38.1 Å². The van der Waals surface area contributed by atoms with Crippen molar-refractivity contribution in [1.29, 1.82) is 0 Å². The summed E-state index contributed by atoms with van der Waals surface area (Å²) in [5.41, 5.74) is 1.15. The molecule has 0 aliphatic rings. The first-order valence-electron chi connectivity index (χ1n) is 7.08. The highest BCUT2D eigenvalue weighted by atomic mass is 35.5. The highest BCUT2D eigenvalue weighted by Gasteiger charge is 2.20. The molecule has 0 aliphatic heterocycles. The van der Waals surface area contributed by atoms with Crippen LogP contribution in [0.5, 0.6) is 0 Å². The van der Waals surface area contributed by atoms with Crippen molar-refractivity contribution in [3.8, 4) is 0 Å². The lowest BCUT2D eigenvalue weighted by Crippen LogP contribution is -2.25. The fourth-order valence-corrected chi connectivity index (χ4v) is 2.41. The van der Waals surface area contributed by atoms with Crippen LogP contribution >= 0.6 is 11.6 Å². The number of hydrogen-bond acceptors (Lipinski definition) is 2. The topological polar surface area (TPSA) is 29.9 Å². The standard InChI is InChI=1S/C14H26ClN3/c1-5-7-8-13(16-9-6-2)14-12(15)10-17-18(14)11(3)4/h10-11,13,16H,5-9H2,1-4H3. The molecule has 4 heteroatoms. The lowest BCUT2D eigenvalue weighted by atomic mass is 10.1. The number of nitrogens with zero attached hydrogens (tertiary/aromatic N) is 2. The number of aromatic nitrogens is 2. The lowest BCUT2D eigenvalue weighted by Gasteiger charge is -2.22. The van der Waals surface area contributed by atoms with Gasteiger partial charge >= 0.3 is 0 Å². The summed E-state index contributed by atoms with van der Waals surface area (Å²) in [6, 6.07) is 0.669. The molecule has 0 bridgehead atoms. The fraction of sp³-hybridized carbons (Fsp3) is 0.786. The van der Waals surface area contributed by atoms with Crippen molar-refractivity contribution < 1.29 is 0 Å². The molecule has 0 saturated carbocycles. The predicted octanol–water partition coefficient (Wildman–Crippen LogP) is 4.35. The van der Waals surface area contributed by atoms with E-state index in [0.29, 0.717) is 12.1 Å². The highest BCUT2D eigenvalue weighted by molar-refractivity contribution is 6.31. The molecule has 3 nitrogen and oxygen atoms in total. The Bertz CT molecular complexity index is 339. The van der Waals surface area contributed by atoms with Crippen molar-refractivity contribution in [2.75, 3.05) is 6.54 Å². The van der Waals surface area contributed by atoms with Crippen LogP contribution in [0.15, 0.2) is 6.20 Å². The molecule has 0 saturated heterocycles. The van der Waals surface area contributed by atoms with Crippen LogP contribution in [0.3, 0.4) is 0 Å². The van der Waals surface area contributed by atoms with Gasteiger partial charge in [0.1, 0.15) is 0 Å². The Hall–Kier alpha value is -0.540. The van der Waals surface area contributed by atoms with Gasteiger partial charge in [0, 0.05) is 6.04 Å². The lowest BCUT2D eigenvalue weighted by molar-refractivity contribution is 0.419. The number of rotatable bonds is 8. The summed E-state index contributed by atoms with van der Waals surface area (Å²) in [6.07, 6.45) is 6.44. The number of hydrogen-bond donors (Lipinski definition) is 1. The average molecular weight is 272 g/mol. The highest BCUT2D eigenvalue weighted by Crippen LogP contribution is 2.28. The molecule has 0 aliphatic carbocycles. The van der Waals surface area contributed by atoms with Crippen LogP contribution in [0.1, 0.15) is 71.2 Å². The molecule has 1 heterocycles. The molecule has 0 spiro atoms. The van der Waals surface area contributed by atoms with Gasteiger partial charge in [0.15, 0.2) is 0 Å². The zero-order chi connectivity index (χ0) is 13.5. The van der Waals surface area contributed by atoms with E-state index in [1.807, 2.05) is 4.68 Å². The number of unbranched alkanes of at least 4 members (excludes halogenated alkanes) is 1. The molecule has 104 valence electrons. The van der Waals surface area contributed by atoms with Crippen LogP contribution in [-0.4, -0.2) is 16.3 Å². The van der Waals surface area contributed by atoms with Gasteiger partial charge in [-0.3, -0.25) is 4.68 Å². The summed E-state index contributed by atoms with van der Waals surface area (Å²) in [5.74, 6) is 0. The molecule has 1 N–H and O–H groups in total. The van der Waals surface area contributed by atoms with Crippen molar-refractivity contribution in [2.45, 2.75) is 65.5 Å². The summed E-state index contributed by atoms with van der Waals surface area (Å²) in [5, 5.41) is 8.78. The minimum atomic E-state index is 0.322. The smallest absolute Gasteiger partial charge is 0.0834 e. The van der Waals surface area contributed by atoms with E-state index in [4.69, 9.17) is 11.6 Å². The van der Waals surface area contributed by atoms with Crippen LogP contribution in [0, 0.1) is 0 Å². The molecule has 1 atom stereocenters. The monoisotopic (exact) mass is 271 g/mol. The van der Waals surface area contributed by atoms with Gasteiger partial charge in [0.25, 0.3) is 0 Å². The zero-order valence-corrected chi connectivity index (χ0v) is 12.8. The van der Waals surface area contributed by atoms with E-state index in [1.54, 1.807) is 6.20 Å². The van der Waals surface area contributed by atoms with E-state index in [1.165, 1.54) is 12.8 Å². The third-order valence-electron chi connectivity index (χ3n) is 3.09. The summed E-state index contributed by atoms with van der Waals surface area (Å²) >= 11 is 6.32. The Balaban J connectivity index is 2.91. The van der Waals surface area contributed by atoms with E-state index in [9.17, 15) is 0 Å². The van der Waals surface area contributed by atoms with Gasteiger partial charge in [-0.05, 0) is 33.2 Å². The fourth-order valence-electron chi connectivity index (χ4n) is 2.15. The van der Waals surface area contributed by atoms with Gasteiger partial charge in [-0.2, -0.15) is 5.10 Å². The molecule has 0 fully saturated rings. The van der Waals surface area contributed by atoms with E-state index < -0.39 is 0 Å². The van der Waals surface area contributed by atoms with Gasteiger partial charge in [-0.25, -0.2) is 0 Å². The normalized spacial score (nSPS) is 13.2. The maximum atomic E-state index is 6.32. The molecule has 0 amide bonds. The predicted molar refractivity (Wildman–Crippen MR) is 78.2 cm³/mol. The van der Waals surface area contributed by atoms with Crippen LogP contribution in [0.2, 0.25) is 5.02 Å². The Labute approximate surface area is 116 Å². The first kappa shape index (κ1) is 15.5. The maximum absolute atomic E-state index is 6.32. The average Bonchev–Trinajstić information content (AvgIpc) is 2.72. The van der Waals surface area contributed by atoms with Crippen LogP contribution in [0.25, 0.3) is 0 Å². The van der Waals surface area contributed by atoms with Crippen molar-refractivity contribution >= 4 is 11.6 Å².